The average molecular weight is 377 g/mol. The summed E-state index contributed by atoms with van der Waals surface area (Å²) >= 11 is 0. The molecule has 1 aliphatic rings. The predicted molar refractivity (Wildman–Crippen MR) is 80.9 cm³/mol. The molecule has 1 N–H and O–H groups in total. The Hall–Kier alpha value is -1.07. The first-order valence-electron chi connectivity index (χ1n) is 6.98. The summed E-state index contributed by atoms with van der Waals surface area (Å²) in [4.78, 5) is 24.4. The molecule has 1 aliphatic heterocycles. The Morgan fingerprint density at radius 3 is 2.82 bits per heavy atom. The van der Waals surface area contributed by atoms with Gasteiger partial charge in [0.2, 0.25) is 5.91 Å². The van der Waals surface area contributed by atoms with E-state index in [-0.39, 0.29) is 44.7 Å². The van der Waals surface area contributed by atoms with Crippen LogP contribution in [0.15, 0.2) is 18.2 Å². The van der Waals surface area contributed by atoms with E-state index >= 15 is 0 Å². The van der Waals surface area contributed by atoms with Gasteiger partial charge in [0.25, 0.3) is 0 Å². The molecule has 1 fully saturated rings. The van der Waals surface area contributed by atoms with Crippen molar-refractivity contribution < 1.29 is 47.0 Å². The second-order valence-electron chi connectivity index (χ2n) is 5.11. The van der Waals surface area contributed by atoms with Crippen LogP contribution < -0.4 is 10.2 Å². The molecule has 2 amide bonds. The predicted octanol–water partition coefficient (Wildman–Crippen LogP) is 2.09. The van der Waals surface area contributed by atoms with Gasteiger partial charge in [-0.15, -0.1) is 18.6 Å². The molecular weight excluding hydrogens is 357 g/mol. The fourth-order valence-corrected chi connectivity index (χ4v) is 2.31. The largest absolute Gasteiger partial charge is 0.442 e. The van der Waals surface area contributed by atoms with Crippen LogP contribution >= 0.6 is 0 Å². The Morgan fingerprint density at radius 1 is 1.50 bits per heavy atom. The van der Waals surface area contributed by atoms with Gasteiger partial charge < -0.3 is 17.0 Å². The van der Waals surface area contributed by atoms with Crippen LogP contribution in [0, 0.1) is 13.8 Å². The first-order chi connectivity index (χ1) is 10.0. The minimum absolute atomic E-state index is 0. The van der Waals surface area contributed by atoms with Crippen molar-refractivity contribution in [2.75, 3.05) is 18.0 Å². The van der Waals surface area contributed by atoms with Crippen molar-refractivity contribution in [3.8, 4) is 0 Å². The molecule has 0 aromatic heterocycles. The number of ether oxygens (including phenoxy) is 1. The number of nitrogens with one attached hydrogen (secondary N) is 1. The third-order valence-corrected chi connectivity index (χ3v) is 3.40. The van der Waals surface area contributed by atoms with E-state index in [1.54, 1.807) is 4.90 Å². The number of carbonyl (C=O) groups is 2. The van der Waals surface area contributed by atoms with E-state index in [0.717, 1.165) is 29.7 Å². The Kier molecular flexibility index (Phi) is 7.36. The van der Waals surface area contributed by atoms with Crippen LogP contribution in [0.25, 0.3) is 0 Å². The molecule has 1 aromatic carbocycles. The molecule has 117 valence electrons. The average Bonchev–Trinajstić information content (AvgIpc) is 2.80. The van der Waals surface area contributed by atoms with Gasteiger partial charge in [0.1, 0.15) is 6.10 Å². The molecule has 0 aliphatic carbocycles. The van der Waals surface area contributed by atoms with Crippen LogP contribution in [0.5, 0.6) is 0 Å². The molecule has 1 saturated heterocycles. The summed E-state index contributed by atoms with van der Waals surface area (Å²) in [6.07, 6.45) is 0.963. The summed E-state index contributed by atoms with van der Waals surface area (Å²) in [6.45, 7) is 10.0. The van der Waals surface area contributed by atoms with E-state index in [2.05, 4.69) is 19.2 Å². The fraction of sp³-hybridized carbons (Fsp3) is 0.375. The molecule has 1 radical (unpaired) electrons. The maximum absolute atomic E-state index is 11.9. The number of rotatable bonds is 5. The summed E-state index contributed by atoms with van der Waals surface area (Å²) in [6, 6.07) is 5.74. The summed E-state index contributed by atoms with van der Waals surface area (Å²) in [5.74, 6) is -0.137. The van der Waals surface area contributed by atoms with Gasteiger partial charge in [-0.2, -0.15) is 24.5 Å². The molecule has 2 rings (SSSR count). The van der Waals surface area contributed by atoms with Crippen LogP contribution in [0.1, 0.15) is 24.5 Å². The first-order valence-corrected chi connectivity index (χ1v) is 6.98. The van der Waals surface area contributed by atoms with Crippen LogP contribution in [0.2, 0.25) is 0 Å². The molecule has 0 saturated carbocycles. The van der Waals surface area contributed by atoms with E-state index in [1.165, 1.54) is 6.92 Å². The number of hydrogen-bond acceptors (Lipinski definition) is 3. The summed E-state index contributed by atoms with van der Waals surface area (Å²) in [5, 5.41) is 2.66. The molecular formula is C16H20N2O3Y-2. The van der Waals surface area contributed by atoms with E-state index < -0.39 is 6.09 Å². The Morgan fingerprint density at radius 2 is 2.23 bits per heavy atom. The molecule has 1 heterocycles. The van der Waals surface area contributed by atoms with Crippen molar-refractivity contribution in [2.45, 2.75) is 25.9 Å². The van der Waals surface area contributed by atoms with Crippen molar-refractivity contribution in [3.63, 3.8) is 0 Å². The molecule has 1 aromatic rings. The minimum atomic E-state index is -0.394. The molecule has 0 unspecified atom stereocenters. The number of aryl methyl sites for hydroxylation is 1. The van der Waals surface area contributed by atoms with Gasteiger partial charge >= 0.3 is 6.09 Å². The van der Waals surface area contributed by atoms with Gasteiger partial charge in [0.05, 0.1) is 13.1 Å². The monoisotopic (exact) mass is 377 g/mol. The summed E-state index contributed by atoms with van der Waals surface area (Å²) in [5.41, 5.74) is 2.80. The standard InChI is InChI=1S/C16H20N2O3.Y/c1-4-5-13-6-7-14(8-11(13)2)18-10-15(21-16(18)20)9-17-12(3)19;/h6-8,15H,1-2,4-5,9-10H2,3H3,(H,17,19);/q-2;/t15-;/m0./s1. The third-order valence-electron chi connectivity index (χ3n) is 3.40. The number of nitrogens with zero attached hydrogens (tertiary/aromatic N) is 1. The van der Waals surface area contributed by atoms with Crippen molar-refractivity contribution in [1.29, 1.82) is 0 Å². The van der Waals surface area contributed by atoms with Gasteiger partial charge in [-0.3, -0.25) is 9.69 Å². The second-order valence-corrected chi connectivity index (χ2v) is 5.11. The molecule has 22 heavy (non-hydrogen) atoms. The molecule has 6 heteroatoms. The number of carbonyl (C=O) groups excluding carboxylic acids is 2. The zero-order valence-corrected chi connectivity index (χ0v) is 15.6. The Labute approximate surface area is 156 Å². The van der Waals surface area contributed by atoms with Gasteiger partial charge in [-0.05, 0) is 5.69 Å². The molecule has 0 bridgehead atoms. The smallest absolute Gasteiger partial charge is 0.413 e. The zero-order chi connectivity index (χ0) is 15.4. The maximum Gasteiger partial charge on any atom is 0.413 e. The second kappa shape index (κ2) is 8.54. The number of cyclic esters (lactones) is 1. The van der Waals surface area contributed by atoms with E-state index in [1.807, 2.05) is 18.2 Å². The van der Waals surface area contributed by atoms with Crippen LogP contribution in [0.4, 0.5) is 10.5 Å². The number of hydrogen-bond donors (Lipinski definition) is 1. The first kappa shape index (κ1) is 19.0. The number of amides is 2. The topological polar surface area (TPSA) is 58.6 Å². The third kappa shape index (κ3) is 4.72. The van der Waals surface area contributed by atoms with Gasteiger partial charge in [-0.25, -0.2) is 4.79 Å². The van der Waals surface area contributed by atoms with Crippen molar-refractivity contribution in [1.82, 2.24) is 5.32 Å². The van der Waals surface area contributed by atoms with Crippen molar-refractivity contribution in [2.24, 2.45) is 0 Å². The van der Waals surface area contributed by atoms with E-state index in [9.17, 15) is 9.59 Å². The van der Waals surface area contributed by atoms with Crippen LogP contribution in [0.3, 0.4) is 0 Å². The van der Waals surface area contributed by atoms with Crippen LogP contribution in [-0.2, 0) is 48.7 Å². The zero-order valence-electron chi connectivity index (χ0n) is 12.8. The van der Waals surface area contributed by atoms with Gasteiger partial charge in [0.15, 0.2) is 0 Å². The fourth-order valence-electron chi connectivity index (χ4n) is 2.31. The van der Waals surface area contributed by atoms with Gasteiger partial charge in [0, 0.05) is 39.6 Å². The molecule has 0 spiro atoms. The quantitative estimate of drug-likeness (QED) is 0.800. The van der Waals surface area contributed by atoms with Crippen molar-refractivity contribution >= 4 is 17.7 Å². The van der Waals surface area contributed by atoms with Crippen LogP contribution in [-0.4, -0.2) is 31.2 Å². The number of benzene rings is 1. The summed E-state index contributed by atoms with van der Waals surface area (Å²) < 4.78 is 5.24. The molecule has 1 atom stereocenters. The van der Waals surface area contributed by atoms with Gasteiger partial charge in [-0.1, -0.05) is 6.07 Å². The maximum atomic E-state index is 11.9. The molecule has 5 nitrogen and oxygen atoms in total. The van der Waals surface area contributed by atoms with E-state index in [4.69, 9.17) is 4.74 Å². The van der Waals surface area contributed by atoms with E-state index in [0.29, 0.717) is 13.1 Å². The normalized spacial score (nSPS) is 16.9. The summed E-state index contributed by atoms with van der Waals surface area (Å²) in [7, 11) is 0. The Balaban J connectivity index is 0.00000242. The SMILES string of the molecule is [CH2-]CCc1ccc(N2C[C@H](CNC(C)=O)OC2=O)cc1[CH2-].[Y]. The minimum Gasteiger partial charge on any atom is -0.442 e. The number of anilines is 1. The van der Waals surface area contributed by atoms with Crippen molar-refractivity contribution in [3.05, 3.63) is 43.2 Å². The Bertz CT molecular complexity index is 548.